The van der Waals surface area contributed by atoms with Gasteiger partial charge in [-0.2, -0.15) is 0 Å². The summed E-state index contributed by atoms with van der Waals surface area (Å²) in [7, 11) is -0.693. The highest BCUT2D eigenvalue weighted by Crippen LogP contribution is 2.43. The van der Waals surface area contributed by atoms with Gasteiger partial charge in [0.25, 0.3) is 8.32 Å². The third-order valence-corrected chi connectivity index (χ3v) is 8.96. The van der Waals surface area contributed by atoms with Gasteiger partial charge in [-0.3, -0.25) is 0 Å². The van der Waals surface area contributed by atoms with Crippen LogP contribution in [-0.4, -0.2) is 21.7 Å². The van der Waals surface area contributed by atoms with E-state index in [1.165, 1.54) is 7.11 Å². The van der Waals surface area contributed by atoms with E-state index in [-0.39, 0.29) is 23.0 Å². The molecule has 5 heteroatoms. The molecule has 0 aliphatic carbocycles. The van der Waals surface area contributed by atoms with Crippen LogP contribution in [0.4, 0.5) is 4.39 Å². The molecule has 1 aromatic rings. The lowest BCUT2D eigenvalue weighted by Crippen LogP contribution is -2.44. The van der Waals surface area contributed by atoms with E-state index in [9.17, 15) is 9.18 Å². The minimum atomic E-state index is -2.23. The summed E-state index contributed by atoms with van der Waals surface area (Å²) in [6.07, 6.45) is 0.829. The van der Waals surface area contributed by atoms with Gasteiger partial charge in [0, 0.05) is 12.0 Å². The van der Waals surface area contributed by atoms with Crippen molar-refractivity contribution in [1.82, 2.24) is 0 Å². The summed E-state index contributed by atoms with van der Waals surface area (Å²) in [5.74, 6) is 0.332. The average molecular weight is 326 g/mol. The fourth-order valence-electron chi connectivity index (χ4n) is 2.03. The fraction of sp³-hybridized carbons (Fsp3) is 0.588. The predicted octanol–water partition coefficient (Wildman–Crippen LogP) is 4.58. The van der Waals surface area contributed by atoms with Crippen LogP contribution in [0.15, 0.2) is 0 Å². The Morgan fingerprint density at radius 2 is 1.68 bits per heavy atom. The Hall–Kier alpha value is -1.36. The van der Waals surface area contributed by atoms with Crippen LogP contribution < -0.4 is 9.16 Å². The van der Waals surface area contributed by atoms with Gasteiger partial charge >= 0.3 is 0 Å². The van der Waals surface area contributed by atoms with Crippen LogP contribution in [0.25, 0.3) is 0 Å². The molecule has 0 bridgehead atoms. The molecule has 0 aliphatic heterocycles. The zero-order chi connectivity index (χ0) is 17.3. The smallest absolute Gasteiger partial charge is 0.250 e. The van der Waals surface area contributed by atoms with Crippen LogP contribution >= 0.6 is 0 Å². The molecule has 0 aromatic heterocycles. The zero-order valence-corrected chi connectivity index (χ0v) is 15.9. The number of hydrogen-bond acceptors (Lipinski definition) is 3. The number of aldehydes is 1. The second kappa shape index (κ2) is 6.40. The van der Waals surface area contributed by atoms with Crippen molar-refractivity contribution in [2.45, 2.75) is 59.2 Å². The highest BCUT2D eigenvalue weighted by atomic mass is 28.4. The predicted molar refractivity (Wildman–Crippen MR) is 90.0 cm³/mol. The van der Waals surface area contributed by atoms with Gasteiger partial charge in [0.05, 0.1) is 7.11 Å². The van der Waals surface area contributed by atoms with Crippen LogP contribution in [0.3, 0.4) is 0 Å². The number of hydrogen-bond donors (Lipinski definition) is 0. The van der Waals surface area contributed by atoms with E-state index in [4.69, 9.17) is 9.16 Å². The molecule has 0 saturated heterocycles. The molecule has 0 N–H and O–H groups in total. The van der Waals surface area contributed by atoms with Gasteiger partial charge < -0.3 is 14.0 Å². The van der Waals surface area contributed by atoms with Crippen LogP contribution in [0.1, 0.15) is 37.5 Å². The topological polar surface area (TPSA) is 35.5 Å². The maximum atomic E-state index is 14.8. The lowest BCUT2D eigenvalue weighted by molar-refractivity contribution is -0.107. The van der Waals surface area contributed by atoms with E-state index in [2.05, 4.69) is 33.9 Å². The molecule has 22 heavy (non-hydrogen) atoms. The third kappa shape index (κ3) is 3.34. The second-order valence-corrected chi connectivity index (χ2v) is 11.9. The van der Waals surface area contributed by atoms with Crippen LogP contribution in [0.5, 0.6) is 11.5 Å². The van der Waals surface area contributed by atoms with Gasteiger partial charge in [0.1, 0.15) is 17.8 Å². The SMILES string of the molecule is COc1c(C)c(C)c(F)c(O[Si](C)(C)C(C)(C)C)c1CC=O. The first-order chi connectivity index (χ1) is 9.97. The molecule has 0 unspecified atom stereocenters. The van der Waals surface area contributed by atoms with Crippen molar-refractivity contribution in [3.8, 4) is 11.5 Å². The van der Waals surface area contributed by atoms with Crippen molar-refractivity contribution in [3.05, 3.63) is 22.5 Å². The van der Waals surface area contributed by atoms with Crippen molar-refractivity contribution in [3.63, 3.8) is 0 Å². The molecular weight excluding hydrogens is 299 g/mol. The van der Waals surface area contributed by atoms with Crippen LogP contribution in [0.2, 0.25) is 18.1 Å². The Bertz CT molecular complexity index is 574. The number of carbonyl (C=O) groups is 1. The van der Waals surface area contributed by atoms with Crippen molar-refractivity contribution < 1.29 is 18.3 Å². The quantitative estimate of drug-likeness (QED) is 0.587. The molecule has 1 rings (SSSR count). The summed E-state index contributed by atoms with van der Waals surface area (Å²) in [6.45, 7) is 13.9. The molecular formula is C17H27FO3Si. The Balaban J connectivity index is 3.58. The van der Waals surface area contributed by atoms with Crippen molar-refractivity contribution in [2.75, 3.05) is 7.11 Å². The van der Waals surface area contributed by atoms with Gasteiger partial charge in [-0.25, -0.2) is 4.39 Å². The monoisotopic (exact) mass is 326 g/mol. The molecule has 3 nitrogen and oxygen atoms in total. The number of methoxy groups -OCH3 is 1. The first kappa shape index (κ1) is 18.7. The van der Waals surface area contributed by atoms with E-state index in [1.54, 1.807) is 13.8 Å². The van der Waals surface area contributed by atoms with Gasteiger partial charge in [0.2, 0.25) is 0 Å². The number of rotatable bonds is 5. The summed E-state index contributed by atoms with van der Waals surface area (Å²) in [6, 6.07) is 0. The molecule has 0 saturated carbocycles. The van der Waals surface area contributed by atoms with E-state index >= 15 is 0 Å². The summed E-state index contributed by atoms with van der Waals surface area (Å²) in [5.41, 5.74) is 1.71. The molecule has 0 radical (unpaired) electrons. The van der Waals surface area contributed by atoms with Crippen molar-refractivity contribution >= 4 is 14.6 Å². The standard InChI is InChI=1S/C17H27FO3Si/c1-11-12(2)15(20-6)13(9-10-19)16(14(11)18)21-22(7,8)17(3,4)5/h10H,9H2,1-8H3. The molecule has 0 heterocycles. The number of ether oxygens (including phenoxy) is 1. The molecule has 0 fully saturated rings. The number of halogens is 1. The van der Waals surface area contributed by atoms with Crippen molar-refractivity contribution in [1.29, 1.82) is 0 Å². The first-order valence-corrected chi connectivity index (χ1v) is 10.4. The minimum Gasteiger partial charge on any atom is -0.541 e. The van der Waals surface area contributed by atoms with E-state index in [0.717, 1.165) is 6.29 Å². The lowest BCUT2D eigenvalue weighted by atomic mass is 10.0. The van der Waals surface area contributed by atoms with Gasteiger partial charge in [-0.05, 0) is 43.1 Å². The number of carbonyl (C=O) groups excluding carboxylic acids is 1. The van der Waals surface area contributed by atoms with Gasteiger partial charge in [-0.15, -0.1) is 0 Å². The highest BCUT2D eigenvalue weighted by Gasteiger charge is 2.40. The molecule has 0 spiro atoms. The van der Waals surface area contributed by atoms with Gasteiger partial charge in [-0.1, -0.05) is 20.8 Å². The summed E-state index contributed by atoms with van der Waals surface area (Å²) < 4.78 is 26.4. The Morgan fingerprint density at radius 1 is 1.14 bits per heavy atom. The number of benzene rings is 1. The van der Waals surface area contributed by atoms with Crippen LogP contribution in [-0.2, 0) is 11.2 Å². The molecule has 0 amide bonds. The van der Waals surface area contributed by atoms with E-state index in [0.29, 0.717) is 22.4 Å². The lowest BCUT2D eigenvalue weighted by Gasteiger charge is -2.37. The van der Waals surface area contributed by atoms with E-state index in [1.807, 2.05) is 0 Å². The average Bonchev–Trinajstić information content (AvgIpc) is 2.40. The normalized spacial score (nSPS) is 12.2. The minimum absolute atomic E-state index is 0.0656. The van der Waals surface area contributed by atoms with E-state index < -0.39 is 8.32 Å². The maximum absolute atomic E-state index is 14.8. The molecule has 124 valence electrons. The Morgan fingerprint density at radius 3 is 2.09 bits per heavy atom. The Kier molecular flexibility index (Phi) is 5.44. The molecule has 1 aromatic carbocycles. The molecule has 0 atom stereocenters. The third-order valence-electron chi connectivity index (χ3n) is 4.63. The second-order valence-electron chi connectivity index (χ2n) is 7.14. The molecule has 0 aliphatic rings. The zero-order valence-electron chi connectivity index (χ0n) is 14.9. The van der Waals surface area contributed by atoms with Crippen molar-refractivity contribution in [2.24, 2.45) is 0 Å². The van der Waals surface area contributed by atoms with Gasteiger partial charge in [0.15, 0.2) is 5.82 Å². The summed E-state index contributed by atoms with van der Waals surface area (Å²) >= 11 is 0. The maximum Gasteiger partial charge on any atom is 0.250 e. The Labute approximate surface area is 134 Å². The fourth-order valence-corrected chi connectivity index (χ4v) is 3.06. The summed E-state index contributed by atoms with van der Waals surface area (Å²) in [5, 5.41) is -0.0656. The van der Waals surface area contributed by atoms with Crippen LogP contribution in [0, 0.1) is 19.7 Å². The highest BCUT2D eigenvalue weighted by molar-refractivity contribution is 6.74. The first-order valence-electron chi connectivity index (χ1n) is 7.46. The largest absolute Gasteiger partial charge is 0.541 e. The summed E-state index contributed by atoms with van der Waals surface area (Å²) in [4.78, 5) is 11.0.